The van der Waals surface area contributed by atoms with Gasteiger partial charge < -0.3 is 4.90 Å². The number of anilines is 1. The van der Waals surface area contributed by atoms with Gasteiger partial charge in [0.2, 0.25) is 0 Å². The van der Waals surface area contributed by atoms with Gasteiger partial charge in [-0.2, -0.15) is 0 Å². The number of para-hydroxylation sites is 2. The number of hydrogen-bond acceptors (Lipinski definition) is 1. The zero-order valence-electron chi connectivity index (χ0n) is 11.9. The van der Waals surface area contributed by atoms with Gasteiger partial charge in [0, 0.05) is 12.7 Å². The smallest absolute Gasteiger partial charge is 0.135 e. The maximum atomic E-state index is 6.37. The lowest BCUT2D eigenvalue weighted by atomic mass is 10.3. The number of hydrogen-bond donors (Lipinski definition) is 1. The third kappa shape index (κ3) is 4.12. The summed E-state index contributed by atoms with van der Waals surface area (Å²) < 4.78 is 0. The number of halogens is 1. The molecular weight excluding hydrogens is 268 g/mol. The number of quaternary nitrogens is 1. The van der Waals surface area contributed by atoms with Gasteiger partial charge in [-0.1, -0.05) is 48.0 Å². The van der Waals surface area contributed by atoms with E-state index in [2.05, 4.69) is 36.2 Å². The van der Waals surface area contributed by atoms with Crippen molar-refractivity contribution in [3.63, 3.8) is 0 Å². The Morgan fingerprint density at radius 2 is 1.60 bits per heavy atom. The highest BCUT2D eigenvalue weighted by Gasteiger charge is 2.07. The van der Waals surface area contributed by atoms with Crippen molar-refractivity contribution in [1.82, 2.24) is 0 Å². The summed E-state index contributed by atoms with van der Waals surface area (Å²) in [6.45, 7) is 0.704. The quantitative estimate of drug-likeness (QED) is 0.888. The first kappa shape index (κ1) is 14.6. The SMILES string of the molecule is CN(C/C(Cl)=C/[NH+](C)c1ccccc1)c1ccccc1. The maximum absolute atomic E-state index is 6.37. The van der Waals surface area contributed by atoms with E-state index in [1.165, 1.54) is 10.6 Å². The third-order valence-electron chi connectivity index (χ3n) is 3.19. The molecular formula is C17H20ClN2+. The summed E-state index contributed by atoms with van der Waals surface area (Å²) in [5.41, 5.74) is 2.37. The lowest BCUT2D eigenvalue weighted by molar-refractivity contribution is -0.750. The second-order valence-electron chi connectivity index (χ2n) is 4.83. The summed E-state index contributed by atoms with van der Waals surface area (Å²) in [6, 6.07) is 20.5. The average molecular weight is 288 g/mol. The predicted molar refractivity (Wildman–Crippen MR) is 86.6 cm³/mol. The number of benzene rings is 2. The van der Waals surface area contributed by atoms with Crippen molar-refractivity contribution < 1.29 is 4.90 Å². The van der Waals surface area contributed by atoms with Crippen LogP contribution in [0.3, 0.4) is 0 Å². The molecule has 1 atom stereocenters. The Kier molecular flexibility index (Phi) is 5.22. The molecule has 3 heteroatoms. The zero-order valence-corrected chi connectivity index (χ0v) is 12.6. The van der Waals surface area contributed by atoms with Gasteiger partial charge in [0.1, 0.15) is 11.9 Å². The van der Waals surface area contributed by atoms with Crippen LogP contribution in [0.5, 0.6) is 0 Å². The van der Waals surface area contributed by atoms with E-state index in [1.54, 1.807) is 0 Å². The first-order valence-electron chi connectivity index (χ1n) is 6.68. The molecule has 1 N–H and O–H groups in total. The van der Waals surface area contributed by atoms with Gasteiger partial charge in [0.05, 0.1) is 18.6 Å². The van der Waals surface area contributed by atoms with Crippen LogP contribution in [0.25, 0.3) is 0 Å². The predicted octanol–water partition coefficient (Wildman–Crippen LogP) is 3.05. The van der Waals surface area contributed by atoms with Crippen LogP contribution in [0.2, 0.25) is 0 Å². The molecule has 104 valence electrons. The first-order valence-corrected chi connectivity index (χ1v) is 7.06. The van der Waals surface area contributed by atoms with Crippen LogP contribution in [0.15, 0.2) is 71.9 Å². The van der Waals surface area contributed by atoms with E-state index in [0.717, 1.165) is 10.7 Å². The highest BCUT2D eigenvalue weighted by atomic mass is 35.5. The standard InChI is InChI=1S/C17H19ClN2/c1-19(16-9-5-3-6-10-16)13-15(18)14-20(2)17-11-7-4-8-12-17/h3-13H,14H2,1-2H3/p+1/b15-13-. The third-order valence-corrected chi connectivity index (χ3v) is 3.42. The highest BCUT2D eigenvalue weighted by Crippen LogP contribution is 2.13. The van der Waals surface area contributed by atoms with Crippen LogP contribution in [0.4, 0.5) is 11.4 Å². The Bertz CT molecular complexity index is 552. The maximum Gasteiger partial charge on any atom is 0.135 e. The molecule has 0 spiro atoms. The van der Waals surface area contributed by atoms with Crippen molar-refractivity contribution >= 4 is 23.0 Å². The van der Waals surface area contributed by atoms with Gasteiger partial charge in [0.25, 0.3) is 0 Å². The Balaban J connectivity index is 2.01. The lowest BCUT2D eigenvalue weighted by Gasteiger charge is -2.19. The van der Waals surface area contributed by atoms with Gasteiger partial charge in [-0.15, -0.1) is 0 Å². The van der Waals surface area contributed by atoms with E-state index in [4.69, 9.17) is 11.6 Å². The Hall–Kier alpha value is -1.77. The van der Waals surface area contributed by atoms with E-state index in [1.807, 2.05) is 49.6 Å². The van der Waals surface area contributed by atoms with Crippen LogP contribution in [-0.2, 0) is 0 Å². The summed E-state index contributed by atoms with van der Waals surface area (Å²) >= 11 is 6.37. The number of rotatable bonds is 5. The zero-order chi connectivity index (χ0) is 14.4. The summed E-state index contributed by atoms with van der Waals surface area (Å²) in [5, 5.41) is 0.831. The van der Waals surface area contributed by atoms with Crippen LogP contribution in [0, 0.1) is 0 Å². The molecule has 20 heavy (non-hydrogen) atoms. The number of nitrogens with zero attached hydrogens (tertiary/aromatic N) is 1. The fraction of sp³-hybridized carbons (Fsp3) is 0.176. The molecule has 2 rings (SSSR count). The summed E-state index contributed by atoms with van der Waals surface area (Å²) in [5.74, 6) is 0. The summed E-state index contributed by atoms with van der Waals surface area (Å²) in [4.78, 5) is 3.31. The number of nitrogens with one attached hydrogen (secondary N) is 1. The fourth-order valence-electron chi connectivity index (χ4n) is 2.07. The van der Waals surface area contributed by atoms with E-state index < -0.39 is 0 Å². The second-order valence-corrected chi connectivity index (χ2v) is 5.32. The van der Waals surface area contributed by atoms with Crippen molar-refractivity contribution in [2.45, 2.75) is 0 Å². The fourth-order valence-corrected chi connectivity index (χ4v) is 2.41. The van der Waals surface area contributed by atoms with Crippen LogP contribution >= 0.6 is 11.6 Å². The largest absolute Gasteiger partial charge is 0.369 e. The molecule has 0 bridgehead atoms. The highest BCUT2D eigenvalue weighted by molar-refractivity contribution is 6.29. The van der Waals surface area contributed by atoms with Crippen molar-refractivity contribution in [2.75, 3.05) is 25.5 Å². The van der Waals surface area contributed by atoms with Gasteiger partial charge >= 0.3 is 0 Å². The van der Waals surface area contributed by atoms with Crippen molar-refractivity contribution in [3.05, 3.63) is 71.9 Å². The molecule has 0 heterocycles. The molecule has 0 fully saturated rings. The van der Waals surface area contributed by atoms with Gasteiger partial charge in [-0.05, 0) is 24.3 Å². The molecule has 0 saturated heterocycles. The molecule has 0 saturated carbocycles. The molecule has 0 amide bonds. The van der Waals surface area contributed by atoms with Gasteiger partial charge in [-0.3, -0.25) is 4.90 Å². The minimum Gasteiger partial charge on any atom is -0.369 e. The average Bonchev–Trinajstić information content (AvgIpc) is 2.49. The Morgan fingerprint density at radius 3 is 2.20 bits per heavy atom. The van der Waals surface area contributed by atoms with Crippen LogP contribution in [0.1, 0.15) is 0 Å². The lowest BCUT2D eigenvalue weighted by Crippen LogP contribution is -2.98. The summed E-state index contributed by atoms with van der Waals surface area (Å²) in [6.07, 6.45) is 2.04. The normalized spacial score (nSPS) is 13.1. The van der Waals surface area contributed by atoms with Crippen molar-refractivity contribution in [1.29, 1.82) is 0 Å². The van der Waals surface area contributed by atoms with E-state index in [-0.39, 0.29) is 0 Å². The second kappa shape index (κ2) is 7.13. The summed E-state index contributed by atoms with van der Waals surface area (Å²) in [7, 11) is 4.13. The van der Waals surface area contributed by atoms with Gasteiger partial charge in [-0.25, -0.2) is 0 Å². The van der Waals surface area contributed by atoms with E-state index >= 15 is 0 Å². The van der Waals surface area contributed by atoms with Crippen molar-refractivity contribution in [3.8, 4) is 0 Å². The first-order chi connectivity index (χ1) is 9.66. The topological polar surface area (TPSA) is 7.68 Å². The molecule has 0 aromatic heterocycles. The van der Waals surface area contributed by atoms with E-state index in [0.29, 0.717) is 6.54 Å². The monoisotopic (exact) mass is 287 g/mol. The molecule has 0 radical (unpaired) electrons. The molecule has 0 aliphatic heterocycles. The Labute approximate surface area is 125 Å². The minimum atomic E-state index is 0.704. The molecule has 2 nitrogen and oxygen atoms in total. The molecule has 0 aliphatic rings. The minimum absolute atomic E-state index is 0.704. The molecule has 0 aliphatic carbocycles. The van der Waals surface area contributed by atoms with Crippen molar-refractivity contribution in [2.24, 2.45) is 0 Å². The van der Waals surface area contributed by atoms with Gasteiger partial charge in [0.15, 0.2) is 0 Å². The van der Waals surface area contributed by atoms with Crippen LogP contribution in [-0.4, -0.2) is 20.6 Å². The Morgan fingerprint density at radius 1 is 1.05 bits per heavy atom. The molecule has 2 aromatic rings. The molecule has 2 aromatic carbocycles. The van der Waals surface area contributed by atoms with E-state index in [9.17, 15) is 0 Å². The molecule has 1 unspecified atom stereocenters. The number of likely N-dealkylation sites (N-methyl/N-ethyl adjacent to an activating group) is 1. The van der Waals surface area contributed by atoms with Crippen LogP contribution < -0.4 is 9.80 Å².